The van der Waals surface area contributed by atoms with E-state index in [1.807, 2.05) is 26.8 Å². The zero-order valence-electron chi connectivity index (χ0n) is 16.2. The third-order valence-electron chi connectivity index (χ3n) is 4.06. The molecule has 144 valence electrons. The first kappa shape index (κ1) is 18.7. The lowest BCUT2D eigenvalue weighted by Crippen LogP contribution is -2.33. The Balaban J connectivity index is 2.13. The monoisotopic (exact) mass is 373 g/mol. The van der Waals surface area contributed by atoms with Gasteiger partial charge in [-0.3, -0.25) is 0 Å². The molecule has 1 atom stereocenters. The van der Waals surface area contributed by atoms with Gasteiger partial charge in [0.25, 0.3) is 0 Å². The van der Waals surface area contributed by atoms with Crippen LogP contribution in [0.15, 0.2) is 29.5 Å². The molecule has 9 nitrogen and oxygen atoms in total. The number of allylic oxidation sites excluding steroid dienone is 1. The van der Waals surface area contributed by atoms with E-state index in [-0.39, 0.29) is 0 Å². The number of tetrazole rings is 1. The zero-order valence-corrected chi connectivity index (χ0v) is 16.2. The van der Waals surface area contributed by atoms with Crippen molar-refractivity contribution in [3.63, 3.8) is 0 Å². The van der Waals surface area contributed by atoms with Gasteiger partial charge in [0, 0.05) is 5.70 Å². The van der Waals surface area contributed by atoms with Crippen LogP contribution in [0, 0.1) is 0 Å². The zero-order chi connectivity index (χ0) is 19.8. The van der Waals surface area contributed by atoms with Crippen LogP contribution in [-0.4, -0.2) is 46.0 Å². The Morgan fingerprint density at radius 1 is 1.19 bits per heavy atom. The van der Waals surface area contributed by atoms with Crippen LogP contribution in [0.1, 0.15) is 39.3 Å². The highest BCUT2D eigenvalue weighted by molar-refractivity contribution is 5.92. The number of rotatable bonds is 4. The molecule has 1 aliphatic heterocycles. The number of hydrogen-bond donors (Lipinski definition) is 1. The molecule has 27 heavy (non-hydrogen) atoms. The fourth-order valence-electron chi connectivity index (χ4n) is 2.94. The summed E-state index contributed by atoms with van der Waals surface area (Å²) >= 11 is 0. The lowest BCUT2D eigenvalue weighted by molar-refractivity contribution is -0.150. The second-order valence-electron chi connectivity index (χ2n) is 7.13. The quantitative estimate of drug-likeness (QED) is 0.815. The van der Waals surface area contributed by atoms with Crippen molar-refractivity contribution < 1.29 is 19.0 Å². The molecule has 1 N–H and O–H groups in total. The predicted molar refractivity (Wildman–Crippen MR) is 97.7 cm³/mol. The SMILES string of the molecule is COc1ccc([C@@H]2C(C(=O)OC(C)(C)C)=C(C)Nc3nnnn32)cc1OC. The maximum absolute atomic E-state index is 13.0. The van der Waals surface area contributed by atoms with Gasteiger partial charge in [0.2, 0.25) is 5.95 Å². The van der Waals surface area contributed by atoms with Gasteiger partial charge in [-0.15, -0.1) is 0 Å². The van der Waals surface area contributed by atoms with E-state index in [4.69, 9.17) is 14.2 Å². The first-order valence-electron chi connectivity index (χ1n) is 8.46. The number of anilines is 1. The molecule has 0 radical (unpaired) electrons. The third-order valence-corrected chi connectivity index (χ3v) is 4.06. The van der Waals surface area contributed by atoms with Gasteiger partial charge in [-0.25, -0.2) is 4.79 Å². The van der Waals surface area contributed by atoms with Crippen molar-refractivity contribution in [3.05, 3.63) is 35.0 Å². The van der Waals surface area contributed by atoms with E-state index in [1.165, 1.54) is 0 Å². The molecule has 9 heteroatoms. The van der Waals surface area contributed by atoms with Crippen LogP contribution in [0.4, 0.5) is 5.95 Å². The van der Waals surface area contributed by atoms with E-state index >= 15 is 0 Å². The number of carbonyl (C=O) groups excluding carboxylic acids is 1. The Bertz CT molecular complexity index is 897. The lowest BCUT2D eigenvalue weighted by Gasteiger charge is -2.30. The highest BCUT2D eigenvalue weighted by Gasteiger charge is 2.36. The summed E-state index contributed by atoms with van der Waals surface area (Å²) in [4.78, 5) is 13.0. The van der Waals surface area contributed by atoms with E-state index in [0.29, 0.717) is 28.7 Å². The topological polar surface area (TPSA) is 100 Å². The number of aromatic nitrogens is 4. The lowest BCUT2D eigenvalue weighted by atomic mass is 9.95. The molecule has 2 heterocycles. The summed E-state index contributed by atoms with van der Waals surface area (Å²) in [6.07, 6.45) is 0. The van der Waals surface area contributed by atoms with Gasteiger partial charge < -0.3 is 19.5 Å². The maximum Gasteiger partial charge on any atom is 0.338 e. The molecule has 0 spiro atoms. The van der Waals surface area contributed by atoms with Crippen LogP contribution in [0.2, 0.25) is 0 Å². The molecule has 0 amide bonds. The van der Waals surface area contributed by atoms with E-state index in [0.717, 1.165) is 5.56 Å². The molecule has 1 aromatic carbocycles. The van der Waals surface area contributed by atoms with Gasteiger partial charge in [0.1, 0.15) is 11.6 Å². The van der Waals surface area contributed by atoms with Crippen LogP contribution in [0.25, 0.3) is 0 Å². The molecular formula is C18H23N5O4. The molecule has 1 aliphatic rings. The van der Waals surface area contributed by atoms with Crippen LogP contribution in [0.5, 0.6) is 11.5 Å². The molecule has 0 saturated carbocycles. The molecule has 0 fully saturated rings. The van der Waals surface area contributed by atoms with Crippen LogP contribution in [-0.2, 0) is 9.53 Å². The predicted octanol–water partition coefficient (Wildman–Crippen LogP) is 2.32. The van der Waals surface area contributed by atoms with Gasteiger partial charge in [-0.1, -0.05) is 11.2 Å². The minimum atomic E-state index is -0.632. The Kier molecular flexibility index (Phi) is 4.77. The smallest absolute Gasteiger partial charge is 0.338 e. The summed E-state index contributed by atoms with van der Waals surface area (Å²) in [5.41, 5.74) is 1.19. The highest BCUT2D eigenvalue weighted by atomic mass is 16.6. The van der Waals surface area contributed by atoms with E-state index in [2.05, 4.69) is 20.8 Å². The van der Waals surface area contributed by atoms with E-state index < -0.39 is 17.6 Å². The fraction of sp³-hybridized carbons (Fsp3) is 0.444. The Morgan fingerprint density at radius 3 is 2.52 bits per heavy atom. The Labute approximate surface area is 157 Å². The second kappa shape index (κ2) is 6.90. The summed E-state index contributed by atoms with van der Waals surface area (Å²) in [5, 5.41) is 14.8. The molecule has 0 unspecified atom stereocenters. The van der Waals surface area contributed by atoms with E-state index in [1.54, 1.807) is 38.0 Å². The minimum absolute atomic E-state index is 0.428. The van der Waals surface area contributed by atoms with Gasteiger partial charge in [0.15, 0.2) is 11.5 Å². The number of nitrogens with zero attached hydrogens (tertiary/aromatic N) is 4. The number of carbonyl (C=O) groups is 1. The second-order valence-corrected chi connectivity index (χ2v) is 7.13. The van der Waals surface area contributed by atoms with Crippen molar-refractivity contribution in [2.45, 2.75) is 39.3 Å². The van der Waals surface area contributed by atoms with Crippen molar-refractivity contribution in [2.24, 2.45) is 0 Å². The highest BCUT2D eigenvalue weighted by Crippen LogP contribution is 2.38. The molecule has 0 bridgehead atoms. The van der Waals surface area contributed by atoms with Crippen LogP contribution < -0.4 is 14.8 Å². The number of nitrogens with one attached hydrogen (secondary N) is 1. The summed E-state index contributed by atoms with van der Waals surface area (Å²) in [6.45, 7) is 7.27. The normalized spacial score (nSPS) is 16.4. The van der Waals surface area contributed by atoms with Crippen molar-refractivity contribution in [1.29, 1.82) is 0 Å². The van der Waals surface area contributed by atoms with Crippen molar-refractivity contribution in [2.75, 3.05) is 19.5 Å². The maximum atomic E-state index is 13.0. The average Bonchev–Trinajstić information content (AvgIpc) is 3.06. The average molecular weight is 373 g/mol. The molecule has 0 saturated heterocycles. The molecule has 0 aliphatic carbocycles. The third kappa shape index (κ3) is 3.57. The first-order valence-corrected chi connectivity index (χ1v) is 8.46. The Hall–Kier alpha value is -3.10. The fourth-order valence-corrected chi connectivity index (χ4v) is 2.94. The van der Waals surface area contributed by atoms with Gasteiger partial charge in [-0.05, 0) is 55.8 Å². The number of methoxy groups -OCH3 is 2. The van der Waals surface area contributed by atoms with Crippen LogP contribution >= 0.6 is 0 Å². The van der Waals surface area contributed by atoms with Crippen LogP contribution in [0.3, 0.4) is 0 Å². The van der Waals surface area contributed by atoms with Gasteiger partial charge >= 0.3 is 5.97 Å². The molecular weight excluding hydrogens is 350 g/mol. The Morgan fingerprint density at radius 2 is 1.89 bits per heavy atom. The minimum Gasteiger partial charge on any atom is -0.493 e. The van der Waals surface area contributed by atoms with E-state index in [9.17, 15) is 4.79 Å². The summed E-state index contributed by atoms with van der Waals surface area (Å²) in [5.74, 6) is 1.14. The summed E-state index contributed by atoms with van der Waals surface area (Å²) in [7, 11) is 3.13. The largest absolute Gasteiger partial charge is 0.493 e. The molecule has 2 aromatic rings. The number of esters is 1. The number of hydrogen-bond acceptors (Lipinski definition) is 8. The molecule has 1 aromatic heterocycles. The number of ether oxygens (including phenoxy) is 3. The number of fused-ring (bicyclic) bond motifs is 1. The molecule has 3 rings (SSSR count). The van der Waals surface area contributed by atoms with Crippen molar-refractivity contribution in [1.82, 2.24) is 20.2 Å². The summed E-state index contributed by atoms with van der Waals surface area (Å²) in [6, 6.07) is 4.87. The van der Waals surface area contributed by atoms with Crippen molar-refractivity contribution in [3.8, 4) is 11.5 Å². The number of benzene rings is 1. The van der Waals surface area contributed by atoms with Gasteiger partial charge in [0.05, 0.1) is 19.8 Å². The standard InChI is InChI=1S/C18H23N5O4/c1-10-14(16(24)27-18(2,3)4)15(23-17(19-10)20-21-22-23)11-7-8-12(25-5)13(9-11)26-6/h7-9,15H,1-6H3,(H,19,20,22)/t15-/m1/s1. The summed E-state index contributed by atoms with van der Waals surface area (Å²) < 4.78 is 17.9. The van der Waals surface area contributed by atoms with Crippen molar-refractivity contribution >= 4 is 11.9 Å². The first-order chi connectivity index (χ1) is 12.7. The van der Waals surface area contributed by atoms with Gasteiger partial charge in [-0.2, -0.15) is 4.68 Å².